The second-order valence-corrected chi connectivity index (χ2v) is 6.15. The van der Waals surface area contributed by atoms with Gasteiger partial charge in [-0.1, -0.05) is 11.6 Å². The molecule has 1 aliphatic heterocycles. The lowest BCUT2D eigenvalue weighted by Gasteiger charge is -2.37. The molecule has 140 valence electrons. The number of carbonyl (C=O) groups excluding carboxylic acids is 2. The first-order chi connectivity index (χ1) is 12.8. The van der Waals surface area contributed by atoms with Crippen molar-refractivity contribution in [1.82, 2.24) is 4.90 Å². The molecule has 1 N–H and O–H groups in total. The summed E-state index contributed by atoms with van der Waals surface area (Å²) >= 11 is 5.80. The summed E-state index contributed by atoms with van der Waals surface area (Å²) in [6.07, 6.45) is 0. The molecule has 12 heteroatoms. The van der Waals surface area contributed by atoms with E-state index in [9.17, 15) is 29.8 Å². The summed E-state index contributed by atoms with van der Waals surface area (Å²) in [5, 5.41) is 24.3. The zero-order valence-corrected chi connectivity index (χ0v) is 14.2. The van der Waals surface area contributed by atoms with Gasteiger partial charge in [-0.05, 0) is 18.2 Å². The molecule has 11 nitrogen and oxygen atoms in total. The summed E-state index contributed by atoms with van der Waals surface area (Å²) in [4.78, 5) is 45.9. The number of nitro groups is 2. The van der Waals surface area contributed by atoms with E-state index in [1.54, 1.807) is 0 Å². The van der Waals surface area contributed by atoms with Crippen molar-refractivity contribution in [3.8, 4) is 0 Å². The Labute approximate surface area is 155 Å². The Balaban J connectivity index is 1.62. The van der Waals surface area contributed by atoms with E-state index in [0.29, 0.717) is 0 Å². The Bertz CT molecular complexity index is 951. The van der Waals surface area contributed by atoms with Crippen molar-refractivity contribution in [2.45, 2.75) is 0 Å². The van der Waals surface area contributed by atoms with Crippen LogP contribution in [0.5, 0.6) is 0 Å². The van der Waals surface area contributed by atoms with Crippen molar-refractivity contribution in [2.24, 2.45) is 5.92 Å². The van der Waals surface area contributed by atoms with Crippen molar-refractivity contribution < 1.29 is 23.9 Å². The lowest BCUT2D eigenvalue weighted by Crippen LogP contribution is -2.54. The van der Waals surface area contributed by atoms with Gasteiger partial charge in [-0.3, -0.25) is 29.8 Å². The second-order valence-electron chi connectivity index (χ2n) is 5.71. The van der Waals surface area contributed by atoms with Crippen LogP contribution in [-0.2, 0) is 4.79 Å². The van der Waals surface area contributed by atoms with Crippen LogP contribution < -0.4 is 5.32 Å². The summed E-state index contributed by atoms with van der Waals surface area (Å²) in [5.74, 6) is -2.43. The van der Waals surface area contributed by atoms with Gasteiger partial charge in [0.25, 0.3) is 11.6 Å². The van der Waals surface area contributed by atoms with Gasteiger partial charge in [-0.25, -0.2) is 0 Å². The first-order valence-electron chi connectivity index (χ1n) is 7.54. The number of anilines is 1. The number of likely N-dealkylation sites (tertiary alicyclic amines) is 1. The molecular formula is C15H11ClN4O7. The standard InChI is InChI=1S/C15H11ClN4O7/c16-9-1-2-11(19(23)24)10(5-9)17-14(21)8-6-18(7-8)15(22)12-3-4-13(27-12)20(25)26/h1-5,8H,6-7H2,(H,17,21). The minimum atomic E-state index is -0.763. The number of furan rings is 1. The highest BCUT2D eigenvalue weighted by Gasteiger charge is 2.38. The maximum Gasteiger partial charge on any atom is 0.433 e. The summed E-state index contributed by atoms with van der Waals surface area (Å²) in [7, 11) is 0. The largest absolute Gasteiger partial charge is 0.433 e. The van der Waals surface area contributed by atoms with Gasteiger partial charge in [0.15, 0.2) is 5.76 Å². The van der Waals surface area contributed by atoms with Crippen molar-refractivity contribution in [3.05, 3.63) is 61.3 Å². The number of rotatable bonds is 5. The van der Waals surface area contributed by atoms with Crippen LogP contribution >= 0.6 is 11.6 Å². The van der Waals surface area contributed by atoms with Crippen LogP contribution in [0.2, 0.25) is 5.02 Å². The third-order valence-electron chi connectivity index (χ3n) is 3.94. The molecule has 0 atom stereocenters. The van der Waals surface area contributed by atoms with Gasteiger partial charge in [-0.15, -0.1) is 0 Å². The lowest BCUT2D eigenvalue weighted by molar-refractivity contribution is -0.402. The van der Waals surface area contributed by atoms with E-state index in [2.05, 4.69) is 5.32 Å². The Hall–Kier alpha value is -3.47. The van der Waals surface area contributed by atoms with Crippen LogP contribution in [0.15, 0.2) is 34.7 Å². The van der Waals surface area contributed by atoms with E-state index in [1.165, 1.54) is 29.2 Å². The molecule has 2 amide bonds. The SMILES string of the molecule is O=C(Nc1cc(Cl)ccc1[N+](=O)[O-])C1CN(C(=O)c2ccc([N+](=O)[O-])o2)C1. The van der Waals surface area contributed by atoms with Gasteiger partial charge >= 0.3 is 5.88 Å². The molecular weight excluding hydrogens is 384 g/mol. The van der Waals surface area contributed by atoms with Crippen LogP contribution in [0.3, 0.4) is 0 Å². The Morgan fingerprint density at radius 2 is 1.85 bits per heavy atom. The predicted octanol–water partition coefficient (Wildman–Crippen LogP) is 2.46. The monoisotopic (exact) mass is 394 g/mol. The Morgan fingerprint density at radius 1 is 1.15 bits per heavy atom. The second kappa shape index (κ2) is 7.03. The maximum atomic E-state index is 12.3. The fourth-order valence-corrected chi connectivity index (χ4v) is 2.68. The quantitative estimate of drug-likeness (QED) is 0.604. The number of nitro benzene ring substituents is 1. The number of hydrogen-bond donors (Lipinski definition) is 1. The molecule has 0 aliphatic carbocycles. The fraction of sp³-hybridized carbons (Fsp3) is 0.200. The number of halogens is 1. The molecule has 3 rings (SSSR count). The van der Waals surface area contributed by atoms with Gasteiger partial charge in [0.1, 0.15) is 10.6 Å². The van der Waals surface area contributed by atoms with Crippen molar-refractivity contribution in [2.75, 3.05) is 18.4 Å². The lowest BCUT2D eigenvalue weighted by atomic mass is 9.98. The minimum Gasteiger partial charge on any atom is -0.395 e. The first kappa shape index (κ1) is 18.3. The molecule has 27 heavy (non-hydrogen) atoms. The van der Waals surface area contributed by atoms with E-state index in [-0.39, 0.29) is 35.2 Å². The normalized spacial score (nSPS) is 13.7. The van der Waals surface area contributed by atoms with E-state index in [4.69, 9.17) is 16.0 Å². The third-order valence-corrected chi connectivity index (χ3v) is 4.17. The minimum absolute atomic E-state index is 0.0380. The highest BCUT2D eigenvalue weighted by atomic mass is 35.5. The molecule has 1 saturated heterocycles. The summed E-state index contributed by atoms with van der Waals surface area (Å²) in [6, 6.07) is 6.03. The fourth-order valence-electron chi connectivity index (χ4n) is 2.51. The van der Waals surface area contributed by atoms with Gasteiger partial charge in [-0.2, -0.15) is 0 Å². The van der Waals surface area contributed by atoms with Crippen LogP contribution in [0.25, 0.3) is 0 Å². The topological polar surface area (TPSA) is 149 Å². The zero-order valence-electron chi connectivity index (χ0n) is 13.5. The summed E-state index contributed by atoms with van der Waals surface area (Å²) in [5.41, 5.74) is -0.341. The Morgan fingerprint density at radius 3 is 2.44 bits per heavy atom. The average Bonchev–Trinajstić information content (AvgIpc) is 3.03. The molecule has 1 aromatic heterocycles. The molecule has 1 aromatic carbocycles. The van der Waals surface area contributed by atoms with Crippen molar-refractivity contribution in [3.63, 3.8) is 0 Å². The molecule has 1 fully saturated rings. The number of hydrogen-bond acceptors (Lipinski definition) is 7. The van der Waals surface area contributed by atoms with Gasteiger partial charge in [0.05, 0.1) is 16.9 Å². The van der Waals surface area contributed by atoms with E-state index in [0.717, 1.165) is 6.07 Å². The number of nitrogens with one attached hydrogen (secondary N) is 1. The molecule has 2 heterocycles. The Kier molecular flexibility index (Phi) is 4.77. The van der Waals surface area contributed by atoms with E-state index in [1.807, 2.05) is 0 Å². The van der Waals surface area contributed by atoms with Crippen LogP contribution in [0.1, 0.15) is 10.6 Å². The molecule has 0 unspecified atom stereocenters. The number of carbonyl (C=O) groups is 2. The molecule has 2 aromatic rings. The molecule has 0 saturated carbocycles. The van der Waals surface area contributed by atoms with Crippen LogP contribution in [0, 0.1) is 26.1 Å². The number of benzene rings is 1. The molecule has 1 aliphatic rings. The average molecular weight is 395 g/mol. The predicted molar refractivity (Wildman–Crippen MR) is 91.5 cm³/mol. The highest BCUT2D eigenvalue weighted by molar-refractivity contribution is 6.31. The summed E-state index contributed by atoms with van der Waals surface area (Å²) < 4.78 is 4.83. The highest BCUT2D eigenvalue weighted by Crippen LogP contribution is 2.29. The van der Waals surface area contributed by atoms with E-state index >= 15 is 0 Å². The zero-order chi connectivity index (χ0) is 19.7. The van der Waals surface area contributed by atoms with Crippen LogP contribution in [0.4, 0.5) is 17.3 Å². The maximum absolute atomic E-state index is 12.3. The molecule has 0 radical (unpaired) electrons. The van der Waals surface area contributed by atoms with E-state index < -0.39 is 33.5 Å². The first-order valence-corrected chi connectivity index (χ1v) is 7.92. The van der Waals surface area contributed by atoms with Crippen molar-refractivity contribution >= 4 is 40.7 Å². The van der Waals surface area contributed by atoms with Gasteiger partial charge in [0, 0.05) is 24.2 Å². The number of nitrogens with zero attached hydrogens (tertiary/aromatic N) is 3. The third kappa shape index (κ3) is 3.72. The number of amides is 2. The van der Waals surface area contributed by atoms with Gasteiger partial charge < -0.3 is 14.6 Å². The molecule has 0 spiro atoms. The smallest absolute Gasteiger partial charge is 0.395 e. The molecule has 0 bridgehead atoms. The summed E-state index contributed by atoms with van der Waals surface area (Å²) in [6.45, 7) is 0.0983. The van der Waals surface area contributed by atoms with Gasteiger partial charge in [0.2, 0.25) is 5.91 Å². The van der Waals surface area contributed by atoms with Crippen LogP contribution in [-0.4, -0.2) is 39.7 Å². The van der Waals surface area contributed by atoms with Crippen molar-refractivity contribution in [1.29, 1.82) is 0 Å².